The maximum absolute atomic E-state index is 11.8. The Morgan fingerprint density at radius 2 is 2.47 bits per heavy atom. The minimum Gasteiger partial charge on any atom is -0.316 e. The Hall–Kier alpha value is -1.36. The number of aryl methyl sites for hydroxylation is 1. The van der Waals surface area contributed by atoms with E-state index in [0.29, 0.717) is 5.92 Å². The summed E-state index contributed by atoms with van der Waals surface area (Å²) in [5.74, 6) is 1.35. The van der Waals surface area contributed by atoms with Crippen molar-refractivity contribution in [3.05, 3.63) is 12.3 Å². The van der Waals surface area contributed by atoms with Crippen LogP contribution in [0.3, 0.4) is 0 Å². The normalized spacial score (nSPS) is 18.3. The average Bonchev–Trinajstić information content (AvgIpc) is 2.49. The van der Waals surface area contributed by atoms with Gasteiger partial charge in [0.1, 0.15) is 5.82 Å². The van der Waals surface area contributed by atoms with E-state index >= 15 is 0 Å². The van der Waals surface area contributed by atoms with Crippen molar-refractivity contribution in [3.63, 3.8) is 0 Å². The summed E-state index contributed by atoms with van der Waals surface area (Å²) >= 11 is 0. The molecule has 0 aliphatic carbocycles. The molecule has 1 atom stereocenters. The van der Waals surface area contributed by atoms with Crippen molar-refractivity contribution in [1.29, 1.82) is 0 Å². The highest BCUT2D eigenvalue weighted by atomic mass is 16.2. The lowest BCUT2D eigenvalue weighted by atomic mass is 9.88. The summed E-state index contributed by atoms with van der Waals surface area (Å²) in [5, 5.41) is 10.0. The third-order valence-electron chi connectivity index (χ3n) is 3.01. The largest absolute Gasteiger partial charge is 0.316 e. The van der Waals surface area contributed by atoms with Crippen LogP contribution in [0.25, 0.3) is 0 Å². The van der Waals surface area contributed by atoms with Crippen LogP contribution in [0.5, 0.6) is 0 Å². The van der Waals surface area contributed by atoms with E-state index in [1.54, 1.807) is 16.9 Å². The molecule has 2 heterocycles. The molecule has 15 heavy (non-hydrogen) atoms. The highest BCUT2D eigenvalue weighted by Gasteiger charge is 2.28. The number of nitrogens with zero attached hydrogens (tertiary/aromatic N) is 2. The predicted molar refractivity (Wildman–Crippen MR) is 57.4 cm³/mol. The van der Waals surface area contributed by atoms with Crippen LogP contribution in [-0.2, 0) is 11.8 Å². The molecule has 1 aliphatic heterocycles. The summed E-state index contributed by atoms with van der Waals surface area (Å²) in [4.78, 5) is 11.8. The Labute approximate surface area is 88.8 Å². The van der Waals surface area contributed by atoms with E-state index in [2.05, 4.69) is 15.7 Å². The Morgan fingerprint density at radius 1 is 1.73 bits per heavy atom. The minimum atomic E-state index is 0.0566. The van der Waals surface area contributed by atoms with Gasteiger partial charge in [-0.1, -0.05) is 6.92 Å². The standard InChI is InChI=1S/C10H16N4O/c1-7(8-5-11-6-8)10(15)13-9-3-4-12-14(9)2/h3-4,7-8,11H,5-6H2,1-2H3,(H,13,15). The number of rotatable bonds is 3. The quantitative estimate of drug-likeness (QED) is 0.746. The van der Waals surface area contributed by atoms with Gasteiger partial charge in [-0.2, -0.15) is 5.10 Å². The molecule has 5 nitrogen and oxygen atoms in total. The van der Waals surface area contributed by atoms with E-state index < -0.39 is 0 Å². The first-order chi connectivity index (χ1) is 7.18. The van der Waals surface area contributed by atoms with E-state index in [9.17, 15) is 4.79 Å². The van der Waals surface area contributed by atoms with Crippen molar-refractivity contribution in [2.75, 3.05) is 18.4 Å². The Balaban J connectivity index is 1.94. The van der Waals surface area contributed by atoms with Crippen LogP contribution < -0.4 is 10.6 Å². The molecule has 0 saturated carbocycles. The van der Waals surface area contributed by atoms with E-state index in [1.807, 2.05) is 14.0 Å². The van der Waals surface area contributed by atoms with Crippen molar-refractivity contribution >= 4 is 11.7 Å². The lowest BCUT2D eigenvalue weighted by Crippen LogP contribution is -2.48. The molecule has 0 spiro atoms. The maximum atomic E-state index is 11.8. The molecule has 1 aromatic rings. The Morgan fingerprint density at radius 3 is 2.93 bits per heavy atom. The molecule has 5 heteroatoms. The van der Waals surface area contributed by atoms with Gasteiger partial charge in [0, 0.05) is 19.0 Å². The zero-order valence-corrected chi connectivity index (χ0v) is 9.03. The van der Waals surface area contributed by atoms with Gasteiger partial charge in [0.15, 0.2) is 0 Å². The van der Waals surface area contributed by atoms with Gasteiger partial charge in [-0.3, -0.25) is 9.48 Å². The monoisotopic (exact) mass is 208 g/mol. The van der Waals surface area contributed by atoms with Gasteiger partial charge in [0.05, 0.1) is 6.20 Å². The van der Waals surface area contributed by atoms with Crippen molar-refractivity contribution in [3.8, 4) is 0 Å². The number of aromatic nitrogens is 2. The number of hydrogen-bond donors (Lipinski definition) is 2. The van der Waals surface area contributed by atoms with Gasteiger partial charge in [-0.15, -0.1) is 0 Å². The van der Waals surface area contributed by atoms with Crippen LogP contribution in [0.2, 0.25) is 0 Å². The van der Waals surface area contributed by atoms with Gasteiger partial charge >= 0.3 is 0 Å². The fraction of sp³-hybridized carbons (Fsp3) is 0.600. The molecule has 0 radical (unpaired) electrons. The number of anilines is 1. The molecule has 2 N–H and O–H groups in total. The Bertz CT molecular complexity index is 356. The number of carbonyl (C=O) groups is 1. The molecule has 0 aromatic carbocycles. The third-order valence-corrected chi connectivity index (χ3v) is 3.01. The lowest BCUT2D eigenvalue weighted by Gasteiger charge is -2.31. The summed E-state index contributed by atoms with van der Waals surface area (Å²) in [6, 6.07) is 1.80. The SMILES string of the molecule is CC(C(=O)Nc1ccnn1C)C1CNC1. The molecule has 1 amide bonds. The number of hydrogen-bond acceptors (Lipinski definition) is 3. The highest BCUT2D eigenvalue weighted by molar-refractivity contribution is 5.91. The van der Waals surface area contributed by atoms with Crippen molar-refractivity contribution < 1.29 is 4.79 Å². The lowest BCUT2D eigenvalue weighted by molar-refractivity contribution is -0.121. The second kappa shape index (κ2) is 4.02. The van der Waals surface area contributed by atoms with Gasteiger partial charge in [0.25, 0.3) is 0 Å². The number of nitrogens with one attached hydrogen (secondary N) is 2. The molecule has 82 valence electrons. The smallest absolute Gasteiger partial charge is 0.228 e. The molecule has 1 unspecified atom stereocenters. The third kappa shape index (κ3) is 2.02. The second-order valence-electron chi connectivity index (χ2n) is 4.04. The molecular weight excluding hydrogens is 192 g/mol. The van der Waals surface area contributed by atoms with Crippen molar-refractivity contribution in [2.45, 2.75) is 6.92 Å². The van der Waals surface area contributed by atoms with Crippen molar-refractivity contribution in [1.82, 2.24) is 15.1 Å². The molecule has 1 saturated heterocycles. The summed E-state index contributed by atoms with van der Waals surface area (Å²) < 4.78 is 1.66. The van der Waals surface area contributed by atoms with E-state index in [1.165, 1.54) is 0 Å². The van der Waals surface area contributed by atoms with Gasteiger partial charge in [0.2, 0.25) is 5.91 Å². The Kier molecular flexibility index (Phi) is 2.73. The van der Waals surface area contributed by atoms with Gasteiger partial charge in [-0.05, 0) is 19.0 Å². The first-order valence-electron chi connectivity index (χ1n) is 5.18. The zero-order valence-electron chi connectivity index (χ0n) is 9.03. The second-order valence-corrected chi connectivity index (χ2v) is 4.04. The van der Waals surface area contributed by atoms with Crippen LogP contribution in [0.1, 0.15) is 6.92 Å². The highest BCUT2D eigenvalue weighted by Crippen LogP contribution is 2.17. The first kappa shape index (κ1) is 10.2. The average molecular weight is 208 g/mol. The van der Waals surface area contributed by atoms with E-state index in [4.69, 9.17) is 0 Å². The number of carbonyl (C=O) groups excluding carboxylic acids is 1. The van der Waals surface area contributed by atoms with Gasteiger partial charge in [-0.25, -0.2) is 0 Å². The van der Waals surface area contributed by atoms with Crippen molar-refractivity contribution in [2.24, 2.45) is 18.9 Å². The van der Waals surface area contributed by atoms with Gasteiger partial charge < -0.3 is 10.6 Å². The molecule has 1 aromatic heterocycles. The van der Waals surface area contributed by atoms with Crippen LogP contribution >= 0.6 is 0 Å². The summed E-state index contributed by atoms with van der Waals surface area (Å²) in [6.45, 7) is 3.86. The number of amides is 1. The summed E-state index contributed by atoms with van der Waals surface area (Å²) in [5.41, 5.74) is 0. The van der Waals surface area contributed by atoms with Crippen LogP contribution in [0.4, 0.5) is 5.82 Å². The summed E-state index contributed by atoms with van der Waals surface area (Å²) in [7, 11) is 1.81. The molecule has 1 fully saturated rings. The minimum absolute atomic E-state index is 0.0566. The fourth-order valence-corrected chi connectivity index (χ4v) is 1.62. The van der Waals surface area contributed by atoms with Crippen LogP contribution in [-0.4, -0.2) is 28.8 Å². The van der Waals surface area contributed by atoms with E-state index in [-0.39, 0.29) is 11.8 Å². The van der Waals surface area contributed by atoms with Crippen LogP contribution in [0, 0.1) is 11.8 Å². The summed E-state index contributed by atoms with van der Waals surface area (Å²) in [6.07, 6.45) is 1.67. The maximum Gasteiger partial charge on any atom is 0.228 e. The molecular formula is C10H16N4O. The zero-order chi connectivity index (χ0) is 10.8. The van der Waals surface area contributed by atoms with Crippen LogP contribution in [0.15, 0.2) is 12.3 Å². The predicted octanol–water partition coefficient (Wildman–Crippen LogP) is 0.214. The molecule has 2 rings (SSSR count). The topological polar surface area (TPSA) is 59.0 Å². The molecule has 0 bridgehead atoms. The van der Waals surface area contributed by atoms with E-state index in [0.717, 1.165) is 18.9 Å². The molecule has 1 aliphatic rings. The first-order valence-corrected chi connectivity index (χ1v) is 5.18. The fourth-order valence-electron chi connectivity index (χ4n) is 1.62.